The van der Waals surface area contributed by atoms with Gasteiger partial charge in [-0.05, 0) is 18.8 Å². The molecule has 25 heavy (non-hydrogen) atoms. The van der Waals surface area contributed by atoms with E-state index in [0.717, 1.165) is 25.1 Å². The number of carboxylic acids is 1. The van der Waals surface area contributed by atoms with Crippen molar-refractivity contribution in [3.8, 4) is 0 Å². The topological polar surface area (TPSA) is 101 Å². The third-order valence-electron chi connectivity index (χ3n) is 4.88. The summed E-state index contributed by atoms with van der Waals surface area (Å²) in [6.45, 7) is 3.10. The van der Waals surface area contributed by atoms with Crippen LogP contribution in [0.5, 0.6) is 0 Å². The van der Waals surface area contributed by atoms with Crippen molar-refractivity contribution in [3.05, 3.63) is 11.9 Å². The molecule has 3 heterocycles. The van der Waals surface area contributed by atoms with Crippen LogP contribution in [0.1, 0.15) is 37.3 Å². The van der Waals surface area contributed by atoms with Gasteiger partial charge in [-0.15, -0.1) is 5.10 Å². The lowest BCUT2D eigenvalue weighted by Crippen LogP contribution is -2.36. The van der Waals surface area contributed by atoms with Crippen LogP contribution >= 0.6 is 0 Å². The first kappa shape index (κ1) is 17.8. The molecule has 9 heteroatoms. The van der Waals surface area contributed by atoms with Crippen LogP contribution in [0.15, 0.2) is 6.20 Å². The van der Waals surface area contributed by atoms with Crippen molar-refractivity contribution in [1.82, 2.24) is 25.0 Å². The van der Waals surface area contributed by atoms with Crippen molar-refractivity contribution >= 4 is 11.9 Å². The molecule has 2 fully saturated rings. The molecule has 0 saturated carbocycles. The molecular weight excluding hydrogens is 326 g/mol. The molecule has 0 aliphatic carbocycles. The zero-order chi connectivity index (χ0) is 17.8. The normalized spacial score (nSPS) is 24.6. The number of hydrogen-bond acceptors (Lipinski definition) is 6. The first-order valence-electron chi connectivity index (χ1n) is 8.76. The summed E-state index contributed by atoms with van der Waals surface area (Å²) in [6.07, 6.45) is 4.36. The van der Waals surface area contributed by atoms with Crippen LogP contribution in [0, 0.1) is 5.92 Å². The molecule has 0 aromatic carbocycles. The Labute approximate surface area is 146 Å². The summed E-state index contributed by atoms with van der Waals surface area (Å²) in [5.41, 5.74) is 0.753. The second-order valence-corrected chi connectivity index (χ2v) is 6.80. The van der Waals surface area contributed by atoms with Gasteiger partial charge in [0, 0.05) is 51.8 Å². The number of hydrogen-bond donors (Lipinski definition) is 1. The summed E-state index contributed by atoms with van der Waals surface area (Å²) >= 11 is 0. The predicted octanol–water partition coefficient (Wildman–Crippen LogP) is 0.249. The molecule has 2 aliphatic heterocycles. The zero-order valence-corrected chi connectivity index (χ0v) is 14.5. The Morgan fingerprint density at radius 2 is 2.20 bits per heavy atom. The molecule has 1 aromatic rings. The van der Waals surface area contributed by atoms with Gasteiger partial charge >= 0.3 is 5.97 Å². The largest absolute Gasteiger partial charge is 0.481 e. The summed E-state index contributed by atoms with van der Waals surface area (Å²) in [7, 11) is 1.78. The number of carbonyl (C=O) groups excluding carboxylic acids is 1. The molecule has 0 spiro atoms. The Balaban J connectivity index is 1.59. The number of amides is 1. The summed E-state index contributed by atoms with van der Waals surface area (Å²) in [4.78, 5) is 31.0. The van der Waals surface area contributed by atoms with Crippen LogP contribution in [0.4, 0.5) is 0 Å². The lowest BCUT2D eigenvalue weighted by molar-refractivity contribution is -0.182. The van der Waals surface area contributed by atoms with E-state index in [9.17, 15) is 14.7 Å². The third kappa shape index (κ3) is 4.55. The summed E-state index contributed by atoms with van der Waals surface area (Å²) in [6, 6.07) is 0. The number of aryl methyl sites for hydroxylation is 1. The van der Waals surface area contributed by atoms with Crippen LogP contribution in [0.2, 0.25) is 0 Å². The maximum absolute atomic E-state index is 12.6. The molecule has 1 amide bonds. The Kier molecular flexibility index (Phi) is 5.64. The van der Waals surface area contributed by atoms with E-state index in [2.05, 4.69) is 10.3 Å². The SMILES string of the molecule is Cn1cc([C@@H]2CN(C(=O)CCN3CCCCO3)C[C@@H]2CC(=O)O)nn1. The second-order valence-electron chi connectivity index (χ2n) is 6.80. The van der Waals surface area contributed by atoms with E-state index in [1.807, 2.05) is 5.06 Å². The quantitative estimate of drug-likeness (QED) is 0.784. The highest BCUT2D eigenvalue weighted by Gasteiger charge is 2.38. The number of aromatic nitrogens is 3. The van der Waals surface area contributed by atoms with Crippen molar-refractivity contribution in [2.45, 2.75) is 31.6 Å². The Morgan fingerprint density at radius 1 is 1.36 bits per heavy atom. The van der Waals surface area contributed by atoms with Gasteiger partial charge in [0.2, 0.25) is 5.91 Å². The molecule has 2 atom stereocenters. The monoisotopic (exact) mass is 351 g/mol. The number of likely N-dealkylation sites (tertiary alicyclic amines) is 1. The summed E-state index contributed by atoms with van der Waals surface area (Å²) < 4.78 is 1.60. The molecule has 138 valence electrons. The lowest BCUT2D eigenvalue weighted by Gasteiger charge is -2.26. The van der Waals surface area contributed by atoms with Crippen LogP contribution < -0.4 is 0 Å². The number of carbonyl (C=O) groups is 2. The van der Waals surface area contributed by atoms with Crippen molar-refractivity contribution in [1.29, 1.82) is 0 Å². The van der Waals surface area contributed by atoms with E-state index in [1.165, 1.54) is 0 Å². The minimum absolute atomic E-state index is 0.0280. The minimum Gasteiger partial charge on any atom is -0.481 e. The first-order chi connectivity index (χ1) is 12.0. The van der Waals surface area contributed by atoms with Crippen molar-refractivity contribution in [2.24, 2.45) is 13.0 Å². The predicted molar refractivity (Wildman–Crippen MR) is 87.4 cm³/mol. The number of hydroxylamine groups is 2. The van der Waals surface area contributed by atoms with Crippen LogP contribution in [0.3, 0.4) is 0 Å². The van der Waals surface area contributed by atoms with Crippen LogP contribution in [-0.2, 0) is 21.5 Å². The van der Waals surface area contributed by atoms with Gasteiger partial charge in [-0.2, -0.15) is 5.06 Å². The van der Waals surface area contributed by atoms with Crippen molar-refractivity contribution in [3.63, 3.8) is 0 Å². The van der Waals surface area contributed by atoms with E-state index in [4.69, 9.17) is 4.84 Å². The molecule has 3 rings (SSSR count). The molecule has 2 saturated heterocycles. The maximum atomic E-state index is 12.6. The van der Waals surface area contributed by atoms with Gasteiger partial charge in [-0.25, -0.2) is 0 Å². The fourth-order valence-corrected chi connectivity index (χ4v) is 3.58. The molecule has 1 aromatic heterocycles. The standard InChI is InChI=1S/C16H25N5O4/c1-19-11-14(17-18-19)13-10-20(9-12(13)8-16(23)24)15(22)4-6-21-5-2-3-7-25-21/h11-13H,2-10H2,1H3,(H,23,24)/t12-,13+/m0/s1. The summed E-state index contributed by atoms with van der Waals surface area (Å²) in [5.74, 6) is -1.03. The van der Waals surface area contributed by atoms with Crippen LogP contribution in [-0.4, -0.2) is 74.7 Å². The Hall–Kier alpha value is -2.00. The molecular formula is C16H25N5O4. The Bertz CT molecular complexity index is 613. The maximum Gasteiger partial charge on any atom is 0.303 e. The molecule has 1 N–H and O–H groups in total. The van der Waals surface area contributed by atoms with Gasteiger partial charge < -0.3 is 10.0 Å². The number of aliphatic carboxylic acids is 1. The van der Waals surface area contributed by atoms with E-state index in [0.29, 0.717) is 32.7 Å². The van der Waals surface area contributed by atoms with Gasteiger partial charge in [0.25, 0.3) is 0 Å². The number of nitrogens with zero attached hydrogens (tertiary/aromatic N) is 5. The fraction of sp³-hybridized carbons (Fsp3) is 0.750. The molecule has 0 radical (unpaired) electrons. The molecule has 9 nitrogen and oxygen atoms in total. The number of carboxylic acid groups (broad SMARTS) is 1. The highest BCUT2D eigenvalue weighted by atomic mass is 16.7. The first-order valence-corrected chi connectivity index (χ1v) is 8.76. The average Bonchev–Trinajstić information content (AvgIpc) is 3.19. The average molecular weight is 351 g/mol. The highest BCUT2D eigenvalue weighted by Crippen LogP contribution is 2.34. The third-order valence-corrected chi connectivity index (χ3v) is 4.88. The van der Waals surface area contributed by atoms with E-state index in [1.54, 1.807) is 22.8 Å². The fourth-order valence-electron chi connectivity index (χ4n) is 3.58. The van der Waals surface area contributed by atoms with Gasteiger partial charge in [-0.3, -0.25) is 19.1 Å². The van der Waals surface area contributed by atoms with E-state index >= 15 is 0 Å². The number of rotatable bonds is 6. The van der Waals surface area contributed by atoms with Gasteiger partial charge in [0.1, 0.15) is 0 Å². The Morgan fingerprint density at radius 3 is 2.84 bits per heavy atom. The highest BCUT2D eigenvalue weighted by molar-refractivity contribution is 5.77. The van der Waals surface area contributed by atoms with Gasteiger partial charge in [0.05, 0.1) is 18.7 Å². The minimum atomic E-state index is -0.852. The van der Waals surface area contributed by atoms with Gasteiger partial charge in [-0.1, -0.05) is 5.21 Å². The van der Waals surface area contributed by atoms with Crippen molar-refractivity contribution < 1.29 is 19.5 Å². The molecule has 2 aliphatic rings. The van der Waals surface area contributed by atoms with Crippen LogP contribution in [0.25, 0.3) is 0 Å². The summed E-state index contributed by atoms with van der Waals surface area (Å²) in [5, 5.41) is 19.1. The van der Waals surface area contributed by atoms with Crippen molar-refractivity contribution in [2.75, 3.05) is 32.8 Å². The second kappa shape index (κ2) is 7.92. The van der Waals surface area contributed by atoms with E-state index in [-0.39, 0.29) is 24.2 Å². The molecule has 0 unspecified atom stereocenters. The van der Waals surface area contributed by atoms with Gasteiger partial charge in [0.15, 0.2) is 0 Å². The lowest BCUT2D eigenvalue weighted by atomic mass is 9.91. The molecule has 0 bridgehead atoms. The zero-order valence-electron chi connectivity index (χ0n) is 14.5. The smallest absolute Gasteiger partial charge is 0.303 e. The van der Waals surface area contributed by atoms with E-state index < -0.39 is 5.97 Å².